The van der Waals surface area contributed by atoms with Gasteiger partial charge in [0.1, 0.15) is 12.4 Å². The molecule has 3 rings (SSSR count). The van der Waals surface area contributed by atoms with Crippen molar-refractivity contribution in [1.29, 1.82) is 0 Å². The molecule has 26 heavy (non-hydrogen) atoms. The van der Waals surface area contributed by atoms with Crippen LogP contribution in [0.1, 0.15) is 5.89 Å². The quantitative estimate of drug-likeness (QED) is 0.616. The van der Waals surface area contributed by atoms with Gasteiger partial charge in [-0.3, -0.25) is 4.90 Å². The molecule has 1 aromatic heterocycles. The third-order valence-electron chi connectivity index (χ3n) is 3.77. The van der Waals surface area contributed by atoms with Gasteiger partial charge in [0.2, 0.25) is 11.7 Å². The zero-order valence-electron chi connectivity index (χ0n) is 14.7. The average Bonchev–Trinajstić information content (AvgIpc) is 3.12. The molecule has 0 saturated heterocycles. The molecule has 0 saturated carbocycles. The normalized spacial score (nSPS) is 10.9. The highest BCUT2D eigenvalue weighted by molar-refractivity contribution is 5.56. The zero-order valence-corrected chi connectivity index (χ0v) is 14.7. The minimum atomic E-state index is -0.366. The largest absolute Gasteiger partial charge is 0.497 e. The van der Waals surface area contributed by atoms with Crippen molar-refractivity contribution in [3.63, 3.8) is 0 Å². The van der Waals surface area contributed by atoms with Gasteiger partial charge in [-0.2, -0.15) is 4.98 Å². The van der Waals surface area contributed by atoms with Gasteiger partial charge in [-0.1, -0.05) is 29.4 Å². The highest BCUT2D eigenvalue weighted by atomic mass is 19.1. The van der Waals surface area contributed by atoms with Crippen LogP contribution in [-0.4, -0.2) is 42.3 Å². The molecule has 0 unspecified atom stereocenters. The summed E-state index contributed by atoms with van der Waals surface area (Å²) in [6.07, 6.45) is 0. The second-order valence-electron chi connectivity index (χ2n) is 5.76. The van der Waals surface area contributed by atoms with E-state index < -0.39 is 0 Å². The molecule has 7 heteroatoms. The average molecular weight is 357 g/mol. The molecule has 0 aliphatic rings. The molecule has 0 spiro atoms. The van der Waals surface area contributed by atoms with Crippen LogP contribution in [0.5, 0.6) is 11.5 Å². The van der Waals surface area contributed by atoms with E-state index in [1.165, 1.54) is 6.07 Å². The van der Waals surface area contributed by atoms with Crippen molar-refractivity contribution in [2.24, 2.45) is 0 Å². The Kier molecular flexibility index (Phi) is 5.80. The Morgan fingerprint density at radius 1 is 1.15 bits per heavy atom. The molecule has 0 bridgehead atoms. The van der Waals surface area contributed by atoms with Gasteiger partial charge in [-0.25, -0.2) is 4.39 Å². The number of likely N-dealkylation sites (N-methyl/N-ethyl adjacent to an activating group) is 1. The first-order chi connectivity index (χ1) is 12.7. The van der Waals surface area contributed by atoms with Crippen molar-refractivity contribution >= 4 is 0 Å². The SMILES string of the molecule is COc1cccc(-c2noc(CN(C)CCOc3ccccc3F)n2)c1. The summed E-state index contributed by atoms with van der Waals surface area (Å²) in [6.45, 7) is 1.41. The Labute approximate surface area is 151 Å². The predicted molar refractivity (Wildman–Crippen MR) is 94.5 cm³/mol. The zero-order chi connectivity index (χ0) is 18.4. The third kappa shape index (κ3) is 4.58. The number of ether oxygens (including phenoxy) is 2. The van der Waals surface area contributed by atoms with Crippen LogP contribution in [0.15, 0.2) is 53.1 Å². The highest BCUT2D eigenvalue weighted by Gasteiger charge is 2.12. The van der Waals surface area contributed by atoms with Crippen LogP contribution < -0.4 is 9.47 Å². The lowest BCUT2D eigenvalue weighted by molar-refractivity contribution is 0.208. The lowest BCUT2D eigenvalue weighted by Crippen LogP contribution is -2.24. The number of hydrogen-bond acceptors (Lipinski definition) is 6. The summed E-state index contributed by atoms with van der Waals surface area (Å²) in [6, 6.07) is 13.8. The summed E-state index contributed by atoms with van der Waals surface area (Å²) in [5, 5.41) is 4.01. The van der Waals surface area contributed by atoms with Crippen LogP contribution in [0.4, 0.5) is 4.39 Å². The highest BCUT2D eigenvalue weighted by Crippen LogP contribution is 2.21. The van der Waals surface area contributed by atoms with Crippen LogP contribution in [0, 0.1) is 5.82 Å². The van der Waals surface area contributed by atoms with Crippen LogP contribution in [0.3, 0.4) is 0 Å². The number of para-hydroxylation sites is 1. The summed E-state index contributed by atoms with van der Waals surface area (Å²) in [5.41, 5.74) is 0.824. The molecule has 0 atom stereocenters. The predicted octanol–water partition coefficient (Wildman–Crippen LogP) is 3.40. The first kappa shape index (κ1) is 17.9. The van der Waals surface area contributed by atoms with E-state index >= 15 is 0 Å². The standard InChI is InChI=1S/C19H20FN3O3/c1-23(10-11-25-17-9-4-3-8-16(17)20)13-18-21-19(22-26-18)14-6-5-7-15(12-14)24-2/h3-9,12H,10-11,13H2,1-2H3. The van der Waals surface area contributed by atoms with Gasteiger partial charge in [-0.15, -0.1) is 0 Å². The molecule has 0 amide bonds. The number of rotatable bonds is 8. The number of halogens is 1. The lowest BCUT2D eigenvalue weighted by atomic mass is 10.2. The molecule has 3 aromatic rings. The number of hydrogen-bond donors (Lipinski definition) is 0. The van der Waals surface area contributed by atoms with Crippen molar-refractivity contribution in [2.45, 2.75) is 6.54 Å². The van der Waals surface area contributed by atoms with E-state index in [1.807, 2.05) is 36.2 Å². The summed E-state index contributed by atoms with van der Waals surface area (Å²) in [4.78, 5) is 6.36. The minimum Gasteiger partial charge on any atom is -0.497 e. The Morgan fingerprint density at radius 3 is 2.81 bits per heavy atom. The fourth-order valence-electron chi connectivity index (χ4n) is 2.38. The fraction of sp³-hybridized carbons (Fsp3) is 0.263. The molecule has 0 aliphatic carbocycles. The van der Waals surface area contributed by atoms with E-state index in [0.717, 1.165) is 11.3 Å². The molecule has 0 aliphatic heterocycles. The molecule has 0 radical (unpaired) electrons. The van der Waals surface area contributed by atoms with Crippen LogP contribution in [-0.2, 0) is 6.54 Å². The van der Waals surface area contributed by atoms with Gasteiger partial charge in [0, 0.05) is 12.1 Å². The molecule has 6 nitrogen and oxygen atoms in total. The molecular formula is C19H20FN3O3. The third-order valence-corrected chi connectivity index (χ3v) is 3.77. The Balaban J connectivity index is 1.52. The summed E-state index contributed by atoms with van der Waals surface area (Å²) < 4.78 is 29.5. The lowest BCUT2D eigenvalue weighted by Gasteiger charge is -2.14. The van der Waals surface area contributed by atoms with E-state index in [0.29, 0.717) is 31.4 Å². The van der Waals surface area contributed by atoms with E-state index in [9.17, 15) is 4.39 Å². The van der Waals surface area contributed by atoms with E-state index in [-0.39, 0.29) is 11.6 Å². The number of aromatic nitrogens is 2. The summed E-state index contributed by atoms with van der Waals surface area (Å²) >= 11 is 0. The molecule has 0 N–H and O–H groups in total. The smallest absolute Gasteiger partial charge is 0.241 e. The maximum atomic E-state index is 13.5. The van der Waals surface area contributed by atoms with Crippen LogP contribution >= 0.6 is 0 Å². The fourth-order valence-corrected chi connectivity index (χ4v) is 2.38. The van der Waals surface area contributed by atoms with Crippen molar-refractivity contribution in [3.8, 4) is 22.9 Å². The summed E-state index contributed by atoms with van der Waals surface area (Å²) in [5.74, 6) is 1.62. The Morgan fingerprint density at radius 2 is 2.00 bits per heavy atom. The monoisotopic (exact) mass is 357 g/mol. The van der Waals surface area contributed by atoms with E-state index in [4.69, 9.17) is 14.0 Å². The van der Waals surface area contributed by atoms with Gasteiger partial charge in [0.05, 0.1) is 13.7 Å². The van der Waals surface area contributed by atoms with Gasteiger partial charge in [0.25, 0.3) is 0 Å². The Bertz CT molecular complexity index is 853. The maximum absolute atomic E-state index is 13.5. The van der Waals surface area contributed by atoms with Gasteiger partial charge < -0.3 is 14.0 Å². The summed E-state index contributed by atoms with van der Waals surface area (Å²) in [7, 11) is 3.51. The van der Waals surface area contributed by atoms with Crippen LogP contribution in [0.25, 0.3) is 11.4 Å². The first-order valence-electron chi connectivity index (χ1n) is 8.18. The number of benzene rings is 2. The van der Waals surface area contributed by atoms with Crippen LogP contribution in [0.2, 0.25) is 0 Å². The molecular weight excluding hydrogens is 337 g/mol. The molecule has 2 aromatic carbocycles. The molecule has 1 heterocycles. The van der Waals surface area contributed by atoms with E-state index in [1.54, 1.807) is 25.3 Å². The number of methoxy groups -OCH3 is 1. The van der Waals surface area contributed by atoms with Crippen molar-refractivity contribution in [2.75, 3.05) is 27.3 Å². The second kappa shape index (κ2) is 8.44. The van der Waals surface area contributed by atoms with Gasteiger partial charge >= 0.3 is 0 Å². The van der Waals surface area contributed by atoms with Crippen molar-refractivity contribution < 1.29 is 18.4 Å². The van der Waals surface area contributed by atoms with Gasteiger partial charge in [0.15, 0.2) is 11.6 Å². The van der Waals surface area contributed by atoms with Crippen molar-refractivity contribution in [1.82, 2.24) is 15.0 Å². The van der Waals surface area contributed by atoms with Crippen molar-refractivity contribution in [3.05, 3.63) is 60.2 Å². The topological polar surface area (TPSA) is 60.6 Å². The Hall–Kier alpha value is -2.93. The molecule has 0 fully saturated rings. The first-order valence-corrected chi connectivity index (χ1v) is 8.18. The minimum absolute atomic E-state index is 0.249. The number of nitrogens with zero attached hydrogens (tertiary/aromatic N) is 3. The maximum Gasteiger partial charge on any atom is 0.241 e. The van der Waals surface area contributed by atoms with E-state index in [2.05, 4.69) is 10.1 Å². The molecule has 136 valence electrons. The van der Waals surface area contributed by atoms with Gasteiger partial charge in [-0.05, 0) is 31.3 Å². The second-order valence-corrected chi connectivity index (χ2v) is 5.76.